The Balaban J connectivity index is 1.30. The van der Waals surface area contributed by atoms with E-state index in [0.717, 1.165) is 0 Å². The number of rotatable bonds is 3. The summed E-state index contributed by atoms with van der Waals surface area (Å²) in [4.78, 5) is 0. The molecule has 150 valence electrons. The molecule has 32 heavy (non-hydrogen) atoms. The SMILES string of the molecule is C(=C\c1ccc2cc(-c3ccc4ccccc4c3)ccc2c1)/c1ccc2ccccc2c1. The van der Waals surface area contributed by atoms with Crippen LogP contribution >= 0.6 is 0 Å². The van der Waals surface area contributed by atoms with Crippen LogP contribution in [0, 0.1) is 0 Å². The van der Waals surface area contributed by atoms with Gasteiger partial charge in [-0.25, -0.2) is 0 Å². The molecule has 0 aliphatic heterocycles. The monoisotopic (exact) mass is 406 g/mol. The van der Waals surface area contributed by atoms with Crippen LogP contribution in [0.1, 0.15) is 11.1 Å². The van der Waals surface area contributed by atoms with Gasteiger partial charge < -0.3 is 0 Å². The zero-order chi connectivity index (χ0) is 21.3. The normalized spacial score (nSPS) is 11.6. The Morgan fingerprint density at radius 3 is 1.28 bits per heavy atom. The Hall–Kier alpha value is -4.16. The predicted molar refractivity (Wildman–Crippen MR) is 140 cm³/mol. The Morgan fingerprint density at radius 2 is 0.688 bits per heavy atom. The van der Waals surface area contributed by atoms with Gasteiger partial charge in [0.05, 0.1) is 0 Å². The number of hydrogen-bond donors (Lipinski definition) is 0. The van der Waals surface area contributed by atoms with E-state index >= 15 is 0 Å². The fraction of sp³-hybridized carbons (Fsp3) is 0. The van der Waals surface area contributed by atoms with Crippen LogP contribution in [-0.4, -0.2) is 0 Å². The van der Waals surface area contributed by atoms with Crippen molar-refractivity contribution in [2.24, 2.45) is 0 Å². The summed E-state index contributed by atoms with van der Waals surface area (Å²) < 4.78 is 0. The first-order valence-corrected chi connectivity index (χ1v) is 11.0. The molecule has 0 nitrogen and oxygen atoms in total. The average Bonchev–Trinajstić information content (AvgIpc) is 2.86. The molecular weight excluding hydrogens is 384 g/mol. The quantitative estimate of drug-likeness (QED) is 0.257. The van der Waals surface area contributed by atoms with Crippen molar-refractivity contribution >= 4 is 44.5 Å². The lowest BCUT2D eigenvalue weighted by molar-refractivity contribution is 1.66. The maximum absolute atomic E-state index is 2.29. The van der Waals surface area contributed by atoms with E-state index in [1.54, 1.807) is 0 Å². The van der Waals surface area contributed by atoms with E-state index in [2.05, 4.69) is 133 Å². The van der Waals surface area contributed by atoms with Crippen molar-refractivity contribution in [2.45, 2.75) is 0 Å². The summed E-state index contributed by atoms with van der Waals surface area (Å²) in [5.41, 5.74) is 4.94. The number of benzene rings is 6. The molecule has 0 radical (unpaired) electrons. The lowest BCUT2D eigenvalue weighted by atomic mass is 9.98. The van der Waals surface area contributed by atoms with E-state index in [0.29, 0.717) is 0 Å². The zero-order valence-electron chi connectivity index (χ0n) is 17.7. The van der Waals surface area contributed by atoms with E-state index in [-0.39, 0.29) is 0 Å². The Morgan fingerprint density at radius 1 is 0.312 bits per heavy atom. The molecule has 0 unspecified atom stereocenters. The van der Waals surface area contributed by atoms with E-state index in [4.69, 9.17) is 0 Å². The third kappa shape index (κ3) is 3.57. The molecule has 0 N–H and O–H groups in total. The molecule has 0 aromatic heterocycles. The summed E-state index contributed by atoms with van der Waals surface area (Å²) in [5, 5.41) is 7.62. The third-order valence-electron chi connectivity index (χ3n) is 6.19. The van der Waals surface area contributed by atoms with Crippen LogP contribution < -0.4 is 0 Å². The Labute approximate surface area is 188 Å². The van der Waals surface area contributed by atoms with Gasteiger partial charge in [0.2, 0.25) is 0 Å². The van der Waals surface area contributed by atoms with Crippen molar-refractivity contribution in [1.82, 2.24) is 0 Å². The zero-order valence-corrected chi connectivity index (χ0v) is 17.7. The van der Waals surface area contributed by atoms with Crippen molar-refractivity contribution in [3.63, 3.8) is 0 Å². The molecule has 0 saturated carbocycles. The highest BCUT2D eigenvalue weighted by molar-refractivity contribution is 5.93. The second kappa shape index (κ2) is 7.83. The minimum Gasteiger partial charge on any atom is -0.0616 e. The highest BCUT2D eigenvalue weighted by Crippen LogP contribution is 2.28. The number of fused-ring (bicyclic) bond motifs is 3. The van der Waals surface area contributed by atoms with E-state index < -0.39 is 0 Å². The molecule has 0 fully saturated rings. The number of hydrogen-bond acceptors (Lipinski definition) is 0. The highest BCUT2D eigenvalue weighted by Gasteiger charge is 2.02. The van der Waals surface area contributed by atoms with Gasteiger partial charge in [-0.2, -0.15) is 0 Å². The molecule has 0 atom stereocenters. The van der Waals surface area contributed by atoms with Crippen molar-refractivity contribution in [3.8, 4) is 11.1 Å². The van der Waals surface area contributed by atoms with E-state index in [9.17, 15) is 0 Å². The largest absolute Gasteiger partial charge is 0.0616 e. The van der Waals surface area contributed by atoms with Gasteiger partial charge in [-0.05, 0) is 78.8 Å². The van der Waals surface area contributed by atoms with Gasteiger partial charge in [0.25, 0.3) is 0 Å². The van der Waals surface area contributed by atoms with Crippen LogP contribution in [0.3, 0.4) is 0 Å². The first-order chi connectivity index (χ1) is 15.8. The summed E-state index contributed by atoms with van der Waals surface area (Å²) >= 11 is 0. The minimum absolute atomic E-state index is 1.21. The van der Waals surface area contributed by atoms with Gasteiger partial charge in [-0.3, -0.25) is 0 Å². The smallest absolute Gasteiger partial charge is 0.0177 e. The van der Waals surface area contributed by atoms with Gasteiger partial charge in [0.15, 0.2) is 0 Å². The van der Waals surface area contributed by atoms with Gasteiger partial charge in [0, 0.05) is 0 Å². The second-order valence-corrected chi connectivity index (χ2v) is 8.32. The van der Waals surface area contributed by atoms with Gasteiger partial charge in [0.1, 0.15) is 0 Å². The molecule has 0 bridgehead atoms. The van der Waals surface area contributed by atoms with E-state index in [1.807, 2.05) is 0 Å². The molecule has 6 aromatic carbocycles. The second-order valence-electron chi connectivity index (χ2n) is 8.32. The van der Waals surface area contributed by atoms with Crippen LogP contribution in [0.5, 0.6) is 0 Å². The molecule has 0 heteroatoms. The van der Waals surface area contributed by atoms with Gasteiger partial charge in [-0.15, -0.1) is 0 Å². The van der Waals surface area contributed by atoms with Crippen molar-refractivity contribution in [2.75, 3.05) is 0 Å². The standard InChI is InChI=1S/C32H22/c1-3-7-27-19-23(11-13-25(27)5-1)9-10-24-12-14-30-22-32(18-17-29(30)20-24)31-16-15-26-6-2-4-8-28(26)21-31/h1-22H/b10-9+. The van der Waals surface area contributed by atoms with Crippen LogP contribution in [0.15, 0.2) is 121 Å². The maximum atomic E-state index is 2.29. The molecule has 0 spiro atoms. The molecule has 6 rings (SSSR count). The maximum Gasteiger partial charge on any atom is -0.0177 e. The van der Waals surface area contributed by atoms with Crippen LogP contribution in [0.2, 0.25) is 0 Å². The summed E-state index contributed by atoms with van der Waals surface area (Å²) in [5.74, 6) is 0. The fourth-order valence-electron chi connectivity index (χ4n) is 4.42. The average molecular weight is 407 g/mol. The Kier molecular flexibility index (Phi) is 4.55. The molecular formula is C32H22. The first-order valence-electron chi connectivity index (χ1n) is 11.0. The summed E-state index contributed by atoms with van der Waals surface area (Å²) in [7, 11) is 0. The van der Waals surface area contributed by atoms with Crippen LogP contribution in [0.25, 0.3) is 55.6 Å². The summed E-state index contributed by atoms with van der Waals surface area (Å²) in [6.07, 6.45) is 4.39. The van der Waals surface area contributed by atoms with E-state index in [1.165, 1.54) is 54.6 Å². The molecule has 0 aliphatic rings. The molecule has 6 aromatic rings. The van der Waals surface area contributed by atoms with Gasteiger partial charge >= 0.3 is 0 Å². The van der Waals surface area contributed by atoms with Crippen molar-refractivity contribution in [3.05, 3.63) is 132 Å². The minimum atomic E-state index is 1.21. The Bertz CT molecular complexity index is 1620. The topological polar surface area (TPSA) is 0 Å². The van der Waals surface area contributed by atoms with Crippen LogP contribution in [-0.2, 0) is 0 Å². The fourth-order valence-corrected chi connectivity index (χ4v) is 4.42. The lowest BCUT2D eigenvalue weighted by Gasteiger charge is -2.07. The lowest BCUT2D eigenvalue weighted by Crippen LogP contribution is -1.82. The molecule has 0 aliphatic carbocycles. The molecule has 0 amide bonds. The van der Waals surface area contributed by atoms with Gasteiger partial charge in [-0.1, -0.05) is 109 Å². The molecule has 0 heterocycles. The predicted octanol–water partition coefficient (Wildman–Crippen LogP) is 8.98. The molecule has 0 saturated heterocycles. The van der Waals surface area contributed by atoms with Crippen molar-refractivity contribution < 1.29 is 0 Å². The summed E-state index contributed by atoms with van der Waals surface area (Å²) in [6.45, 7) is 0. The first kappa shape index (κ1) is 18.6. The third-order valence-corrected chi connectivity index (χ3v) is 6.19. The van der Waals surface area contributed by atoms with Crippen molar-refractivity contribution in [1.29, 1.82) is 0 Å². The van der Waals surface area contributed by atoms with Crippen LogP contribution in [0.4, 0.5) is 0 Å². The highest BCUT2D eigenvalue weighted by atomic mass is 14.1. The summed E-state index contributed by atoms with van der Waals surface area (Å²) in [6, 6.07) is 43.7.